The maximum Gasteiger partial charge on any atom is 0.319 e. The molecule has 1 atom stereocenters. The molecule has 0 fully saturated rings. The first-order valence-corrected chi connectivity index (χ1v) is 7.64. The van der Waals surface area contributed by atoms with Crippen LogP contribution in [0.15, 0.2) is 42.5 Å². The smallest absolute Gasteiger partial charge is 0.319 e. The molecule has 2 N–H and O–H groups in total. The maximum atomic E-state index is 12.1. The summed E-state index contributed by atoms with van der Waals surface area (Å²) in [6.45, 7) is 0.433. The predicted molar refractivity (Wildman–Crippen MR) is 89.6 cm³/mol. The summed E-state index contributed by atoms with van der Waals surface area (Å²) >= 11 is 5.90. The van der Waals surface area contributed by atoms with E-state index in [9.17, 15) is 4.79 Å². The maximum absolute atomic E-state index is 12.1. The lowest BCUT2D eigenvalue weighted by atomic mass is 10.0. The van der Waals surface area contributed by atoms with Gasteiger partial charge in [0.2, 0.25) is 0 Å². The van der Waals surface area contributed by atoms with Gasteiger partial charge in [-0.05, 0) is 48.4 Å². The van der Waals surface area contributed by atoms with E-state index in [-0.39, 0.29) is 12.1 Å². The average molecular weight is 333 g/mol. The first-order valence-electron chi connectivity index (χ1n) is 7.27. The molecule has 1 unspecified atom stereocenters. The second kappa shape index (κ2) is 6.79. The van der Waals surface area contributed by atoms with Gasteiger partial charge in [0, 0.05) is 10.7 Å². The van der Waals surface area contributed by atoms with Gasteiger partial charge in [-0.1, -0.05) is 17.7 Å². The molecule has 2 aromatic rings. The second-order valence-electron chi connectivity index (χ2n) is 5.29. The van der Waals surface area contributed by atoms with Crippen LogP contribution in [0.25, 0.3) is 0 Å². The molecule has 3 rings (SSSR count). The molecule has 0 spiro atoms. The van der Waals surface area contributed by atoms with E-state index in [2.05, 4.69) is 10.6 Å². The summed E-state index contributed by atoms with van der Waals surface area (Å²) in [5.41, 5.74) is 1.66. The van der Waals surface area contributed by atoms with Crippen LogP contribution >= 0.6 is 11.6 Å². The number of methoxy groups -OCH3 is 1. The Kier molecular flexibility index (Phi) is 4.57. The molecule has 2 aromatic carbocycles. The lowest BCUT2D eigenvalue weighted by molar-refractivity contribution is 0.222. The molecule has 0 saturated heterocycles. The Morgan fingerprint density at radius 3 is 2.96 bits per heavy atom. The van der Waals surface area contributed by atoms with Gasteiger partial charge < -0.3 is 20.1 Å². The number of hydrogen-bond donors (Lipinski definition) is 2. The summed E-state index contributed by atoms with van der Waals surface area (Å²) in [5.74, 6) is 1.61. The van der Waals surface area contributed by atoms with Crippen LogP contribution in [0, 0.1) is 0 Å². The molecule has 1 aliphatic heterocycles. The summed E-state index contributed by atoms with van der Waals surface area (Å²) in [6.07, 6.45) is 0.690. The van der Waals surface area contributed by atoms with Crippen LogP contribution in [0.1, 0.15) is 5.56 Å². The fraction of sp³-hybridized carbons (Fsp3) is 0.235. The van der Waals surface area contributed by atoms with Crippen molar-refractivity contribution in [3.8, 4) is 11.5 Å². The van der Waals surface area contributed by atoms with Crippen molar-refractivity contribution in [2.24, 2.45) is 0 Å². The van der Waals surface area contributed by atoms with Crippen LogP contribution in [0.3, 0.4) is 0 Å². The minimum absolute atomic E-state index is 0.103. The van der Waals surface area contributed by atoms with Gasteiger partial charge in [0.1, 0.15) is 18.1 Å². The highest BCUT2D eigenvalue weighted by Gasteiger charge is 2.22. The Morgan fingerprint density at radius 1 is 1.30 bits per heavy atom. The van der Waals surface area contributed by atoms with E-state index in [0.717, 1.165) is 17.1 Å². The summed E-state index contributed by atoms with van der Waals surface area (Å²) in [4.78, 5) is 12.1. The third kappa shape index (κ3) is 3.87. The van der Waals surface area contributed by atoms with Gasteiger partial charge in [-0.25, -0.2) is 4.79 Å². The van der Waals surface area contributed by atoms with Crippen molar-refractivity contribution in [1.82, 2.24) is 5.32 Å². The molecule has 0 saturated carbocycles. The monoisotopic (exact) mass is 332 g/mol. The van der Waals surface area contributed by atoms with Crippen LogP contribution in [-0.4, -0.2) is 25.8 Å². The number of carbonyl (C=O) groups excluding carboxylic acids is 1. The van der Waals surface area contributed by atoms with Gasteiger partial charge in [-0.3, -0.25) is 0 Å². The zero-order chi connectivity index (χ0) is 16.2. The Balaban J connectivity index is 1.61. The normalized spacial score (nSPS) is 16.0. The van der Waals surface area contributed by atoms with Crippen molar-refractivity contribution in [3.05, 3.63) is 53.1 Å². The number of rotatable bonds is 3. The molecule has 1 aliphatic rings. The predicted octanol–water partition coefficient (Wildman–Crippen LogP) is 3.47. The number of amides is 2. The van der Waals surface area contributed by atoms with Crippen molar-refractivity contribution in [2.75, 3.05) is 19.0 Å². The molecular formula is C17H17ClN2O3. The Morgan fingerprint density at radius 2 is 2.17 bits per heavy atom. The lowest BCUT2D eigenvalue weighted by Crippen LogP contribution is -2.44. The molecule has 0 radical (unpaired) electrons. The highest BCUT2D eigenvalue weighted by Crippen LogP contribution is 2.28. The van der Waals surface area contributed by atoms with E-state index in [4.69, 9.17) is 21.1 Å². The summed E-state index contributed by atoms with van der Waals surface area (Å²) in [7, 11) is 1.62. The van der Waals surface area contributed by atoms with Crippen LogP contribution < -0.4 is 20.1 Å². The largest absolute Gasteiger partial charge is 0.497 e. The third-order valence-electron chi connectivity index (χ3n) is 3.59. The zero-order valence-corrected chi connectivity index (χ0v) is 13.4. The topological polar surface area (TPSA) is 59.6 Å². The van der Waals surface area contributed by atoms with Gasteiger partial charge in [-0.15, -0.1) is 0 Å². The van der Waals surface area contributed by atoms with E-state index < -0.39 is 0 Å². The average Bonchev–Trinajstić information content (AvgIpc) is 2.54. The zero-order valence-electron chi connectivity index (χ0n) is 12.6. The second-order valence-corrected chi connectivity index (χ2v) is 5.73. The number of halogens is 1. The number of nitrogens with one attached hydrogen (secondary N) is 2. The Labute approximate surface area is 139 Å². The molecular weight excluding hydrogens is 316 g/mol. The quantitative estimate of drug-likeness (QED) is 0.904. The molecule has 0 aliphatic carbocycles. The highest BCUT2D eigenvalue weighted by molar-refractivity contribution is 6.30. The highest BCUT2D eigenvalue weighted by atomic mass is 35.5. The van der Waals surface area contributed by atoms with Crippen molar-refractivity contribution in [3.63, 3.8) is 0 Å². The number of fused-ring (bicyclic) bond motifs is 1. The fourth-order valence-corrected chi connectivity index (χ4v) is 2.70. The SMILES string of the molecule is COc1ccc2c(c1)CC(NC(=O)Nc1cccc(Cl)c1)CO2. The number of carbonyl (C=O) groups is 1. The molecule has 6 heteroatoms. The van der Waals surface area contributed by atoms with Gasteiger partial charge in [0.25, 0.3) is 0 Å². The number of benzene rings is 2. The number of ether oxygens (including phenoxy) is 2. The van der Waals surface area contributed by atoms with E-state index in [1.54, 1.807) is 31.4 Å². The van der Waals surface area contributed by atoms with Crippen molar-refractivity contribution < 1.29 is 14.3 Å². The fourth-order valence-electron chi connectivity index (χ4n) is 2.51. The van der Waals surface area contributed by atoms with Crippen LogP contribution in [-0.2, 0) is 6.42 Å². The first kappa shape index (κ1) is 15.5. The van der Waals surface area contributed by atoms with E-state index in [1.165, 1.54) is 0 Å². The van der Waals surface area contributed by atoms with Crippen molar-refractivity contribution >= 4 is 23.3 Å². The summed E-state index contributed by atoms with van der Waals surface area (Å²) < 4.78 is 10.9. The van der Waals surface area contributed by atoms with Crippen LogP contribution in [0.2, 0.25) is 5.02 Å². The minimum atomic E-state index is -0.285. The van der Waals surface area contributed by atoms with Crippen LogP contribution in [0.5, 0.6) is 11.5 Å². The third-order valence-corrected chi connectivity index (χ3v) is 3.83. The molecule has 23 heavy (non-hydrogen) atoms. The summed E-state index contributed by atoms with van der Waals surface area (Å²) in [6, 6.07) is 12.3. The molecule has 120 valence electrons. The van der Waals surface area contributed by atoms with Gasteiger partial charge in [0.05, 0.1) is 13.2 Å². The number of anilines is 1. The first-order chi connectivity index (χ1) is 11.1. The lowest BCUT2D eigenvalue weighted by Gasteiger charge is -2.26. The molecule has 2 amide bonds. The van der Waals surface area contributed by atoms with Gasteiger partial charge in [-0.2, -0.15) is 0 Å². The van der Waals surface area contributed by atoms with Gasteiger partial charge in [0.15, 0.2) is 0 Å². The number of hydrogen-bond acceptors (Lipinski definition) is 3. The van der Waals surface area contributed by atoms with Gasteiger partial charge >= 0.3 is 6.03 Å². The van der Waals surface area contributed by atoms with Crippen LogP contribution in [0.4, 0.5) is 10.5 Å². The Bertz CT molecular complexity index is 721. The van der Waals surface area contributed by atoms with E-state index >= 15 is 0 Å². The number of urea groups is 1. The minimum Gasteiger partial charge on any atom is -0.497 e. The molecule has 0 bridgehead atoms. The molecule has 1 heterocycles. The summed E-state index contributed by atoms with van der Waals surface area (Å²) in [5, 5.41) is 6.24. The Hall–Kier alpha value is -2.40. The van der Waals surface area contributed by atoms with E-state index in [0.29, 0.717) is 23.7 Å². The molecule has 0 aromatic heterocycles. The van der Waals surface area contributed by atoms with Crippen molar-refractivity contribution in [2.45, 2.75) is 12.5 Å². The standard InChI is InChI=1S/C17H17ClN2O3/c1-22-15-5-6-16-11(8-15)7-14(10-23-16)20-17(21)19-13-4-2-3-12(18)9-13/h2-6,8-9,14H,7,10H2,1H3,(H2,19,20,21). The molecule has 5 nitrogen and oxygen atoms in total. The van der Waals surface area contributed by atoms with E-state index in [1.807, 2.05) is 18.2 Å². The van der Waals surface area contributed by atoms with Crippen molar-refractivity contribution in [1.29, 1.82) is 0 Å².